The molecule has 0 aliphatic carbocycles. The van der Waals surface area contributed by atoms with Crippen LogP contribution in [0.5, 0.6) is 5.75 Å². The second-order valence-electron chi connectivity index (χ2n) is 10.4. The highest BCUT2D eigenvalue weighted by atomic mass is 16.5. The summed E-state index contributed by atoms with van der Waals surface area (Å²) in [6.45, 7) is 0.391. The van der Waals surface area contributed by atoms with Crippen LogP contribution in [0, 0.1) is 0 Å². The number of benzene rings is 1. The quantitative estimate of drug-likeness (QED) is 0.151. The highest BCUT2D eigenvalue weighted by Gasteiger charge is 2.34. The van der Waals surface area contributed by atoms with Gasteiger partial charge in [-0.3, -0.25) is 4.79 Å². The van der Waals surface area contributed by atoms with E-state index in [-0.39, 0.29) is 76.8 Å². The van der Waals surface area contributed by atoms with Crippen LogP contribution < -0.4 is 4.74 Å². The molecule has 0 radical (unpaired) electrons. The van der Waals surface area contributed by atoms with Crippen LogP contribution >= 0.6 is 0 Å². The number of hydrogen-bond acceptors (Lipinski definition) is 16. The molecule has 1 unspecified atom stereocenters. The van der Waals surface area contributed by atoms with Crippen molar-refractivity contribution in [2.75, 3.05) is 27.4 Å². The number of carbonyl (C=O) groups excluding carboxylic acids is 3. The molecule has 0 saturated carbocycles. The maximum absolute atomic E-state index is 12.8. The molecule has 17 nitrogen and oxygen atoms in total. The molecule has 17 heteroatoms. The average molecular weight is 669 g/mol. The zero-order valence-corrected chi connectivity index (χ0v) is 25.7. The van der Waals surface area contributed by atoms with Crippen molar-refractivity contribution in [1.29, 1.82) is 0 Å². The first-order valence-electron chi connectivity index (χ1n) is 14.6. The molecule has 1 aromatic carbocycles. The molecule has 1 aliphatic heterocycles. The number of oxazole rings is 4. The van der Waals surface area contributed by atoms with E-state index >= 15 is 0 Å². The molecule has 7 rings (SSSR count). The predicted octanol–water partition coefficient (Wildman–Crippen LogP) is 4.19. The first-order valence-corrected chi connectivity index (χ1v) is 14.6. The molecule has 1 amide bonds. The zero-order valence-electron chi connectivity index (χ0n) is 25.7. The van der Waals surface area contributed by atoms with Crippen LogP contribution in [0.15, 0.2) is 79.1 Å². The highest BCUT2D eigenvalue weighted by Crippen LogP contribution is 2.33. The zero-order chi connectivity index (χ0) is 34.1. The van der Waals surface area contributed by atoms with Crippen molar-refractivity contribution in [2.45, 2.75) is 12.6 Å². The third-order valence-electron chi connectivity index (χ3n) is 7.32. The molecule has 0 fully saturated rings. The Hall–Kier alpha value is -6.62. The van der Waals surface area contributed by atoms with Crippen LogP contribution in [-0.2, 0) is 9.47 Å². The third kappa shape index (κ3) is 6.00. The van der Waals surface area contributed by atoms with Crippen molar-refractivity contribution in [3.8, 4) is 52.1 Å². The van der Waals surface area contributed by atoms with E-state index in [9.17, 15) is 19.5 Å². The summed E-state index contributed by atoms with van der Waals surface area (Å²) in [5, 5.41) is 10.7. The third-order valence-corrected chi connectivity index (χ3v) is 7.32. The molecule has 1 aliphatic rings. The molecule has 1 atom stereocenters. The van der Waals surface area contributed by atoms with Gasteiger partial charge < -0.3 is 41.9 Å². The first kappa shape index (κ1) is 31.0. The Kier molecular flexibility index (Phi) is 8.15. The van der Waals surface area contributed by atoms with E-state index < -0.39 is 18.2 Å². The topological polar surface area (TPSA) is 219 Å². The number of carbonyl (C=O) groups is 3. The van der Waals surface area contributed by atoms with Crippen molar-refractivity contribution >= 4 is 17.8 Å². The van der Waals surface area contributed by atoms with Gasteiger partial charge in [0.25, 0.3) is 5.91 Å². The van der Waals surface area contributed by atoms with Gasteiger partial charge in [-0.1, -0.05) is 18.2 Å². The molecule has 0 spiro atoms. The highest BCUT2D eigenvalue weighted by molar-refractivity contribution is 5.98. The molecular weight excluding hydrogens is 644 g/mol. The van der Waals surface area contributed by atoms with Crippen LogP contribution in [0.4, 0.5) is 0 Å². The number of aliphatic hydroxyl groups excluding tert-OH is 1. The number of pyridine rings is 1. The number of amides is 1. The minimum Gasteiger partial charge on any atom is -0.493 e. The minimum atomic E-state index is -1.04. The Bertz CT molecular complexity index is 2070. The molecule has 0 bridgehead atoms. The second kappa shape index (κ2) is 12.9. The van der Waals surface area contributed by atoms with Gasteiger partial charge in [-0.2, -0.15) is 0 Å². The predicted molar refractivity (Wildman–Crippen MR) is 161 cm³/mol. The number of hydrogen-bond donors (Lipinski definition) is 1. The lowest BCUT2D eigenvalue weighted by atomic mass is 10.1. The molecule has 0 saturated heterocycles. The van der Waals surface area contributed by atoms with E-state index in [0.717, 1.165) is 12.5 Å². The lowest BCUT2D eigenvalue weighted by Gasteiger charge is -2.20. The van der Waals surface area contributed by atoms with Crippen molar-refractivity contribution in [2.24, 2.45) is 0 Å². The summed E-state index contributed by atoms with van der Waals surface area (Å²) in [7, 11) is 2.44. The van der Waals surface area contributed by atoms with E-state index in [2.05, 4.69) is 34.4 Å². The van der Waals surface area contributed by atoms with E-state index in [0.29, 0.717) is 23.3 Å². The summed E-state index contributed by atoms with van der Waals surface area (Å²) in [4.78, 5) is 59.3. The van der Waals surface area contributed by atoms with Gasteiger partial charge in [0.05, 0.1) is 20.8 Å². The summed E-state index contributed by atoms with van der Waals surface area (Å²) in [5.41, 5.74) is 1.71. The Labute approximate surface area is 275 Å². The fourth-order valence-electron chi connectivity index (χ4n) is 4.97. The lowest BCUT2D eigenvalue weighted by Crippen LogP contribution is -2.29. The number of fused-ring (bicyclic) bond motifs is 1. The Morgan fingerprint density at radius 2 is 1.29 bits per heavy atom. The normalized spacial score (nSPS) is 13.8. The van der Waals surface area contributed by atoms with Crippen molar-refractivity contribution in [3.05, 3.63) is 84.0 Å². The van der Waals surface area contributed by atoms with Gasteiger partial charge in [0.1, 0.15) is 42.2 Å². The molecule has 49 heavy (non-hydrogen) atoms. The summed E-state index contributed by atoms with van der Waals surface area (Å²) < 4.78 is 37.4. The fourth-order valence-corrected chi connectivity index (χ4v) is 4.97. The average Bonchev–Trinajstić information content (AvgIpc) is 3.97. The number of esters is 2. The standard InChI is InChI=1S/C32H24N6O11/c1-43-31(41)23-14-48-27(36-23)21-12-46-25(34-21)19-10-16(45-9-5-8-38-29(39)17-6-3-4-7-18(17)30(38)40)11-20(33-19)26-35-22(13-47-26)28-37-24(15-49-28)32(42)44-2/h3-4,6-7,10-15,29,39H,5,8-9H2,1-2H3. The number of ether oxygens (including phenoxy) is 3. The number of nitrogens with zero attached hydrogens (tertiary/aromatic N) is 6. The van der Waals surface area contributed by atoms with E-state index in [4.69, 9.17) is 22.4 Å². The van der Waals surface area contributed by atoms with E-state index in [1.807, 2.05) is 0 Å². The maximum atomic E-state index is 12.8. The van der Waals surface area contributed by atoms with Gasteiger partial charge >= 0.3 is 11.9 Å². The van der Waals surface area contributed by atoms with Crippen molar-refractivity contribution in [3.63, 3.8) is 0 Å². The van der Waals surface area contributed by atoms with E-state index in [1.165, 1.54) is 31.6 Å². The SMILES string of the molecule is COC(=O)c1coc(-c2coc(-c3cc(OCCCN4C(=O)c5ccccc5C4O)cc(-c4nc(-c5nc(C(=O)OC)co5)co4)n3)n2)n1. The Morgan fingerprint density at radius 3 is 1.84 bits per heavy atom. The van der Waals surface area contributed by atoms with Gasteiger partial charge in [-0.05, 0) is 12.5 Å². The summed E-state index contributed by atoms with van der Waals surface area (Å²) in [6.07, 6.45) is 4.17. The Morgan fingerprint density at radius 1 is 0.755 bits per heavy atom. The minimum absolute atomic E-state index is 0.0124. The van der Waals surface area contributed by atoms with Gasteiger partial charge in [0.15, 0.2) is 29.0 Å². The van der Waals surface area contributed by atoms with Crippen LogP contribution in [0.25, 0.3) is 46.3 Å². The number of rotatable bonds is 11. The van der Waals surface area contributed by atoms with Gasteiger partial charge in [-0.15, -0.1) is 0 Å². The second-order valence-corrected chi connectivity index (χ2v) is 10.4. The molecule has 248 valence electrons. The monoisotopic (exact) mass is 668 g/mol. The van der Waals surface area contributed by atoms with Gasteiger partial charge in [-0.25, -0.2) is 34.5 Å². The number of aromatic nitrogens is 5. The smallest absolute Gasteiger partial charge is 0.360 e. The largest absolute Gasteiger partial charge is 0.493 e. The van der Waals surface area contributed by atoms with Crippen molar-refractivity contribution < 1.29 is 51.4 Å². The molecule has 5 aromatic heterocycles. The lowest BCUT2D eigenvalue weighted by molar-refractivity contribution is 0.0158. The van der Waals surface area contributed by atoms with Gasteiger partial charge in [0, 0.05) is 29.8 Å². The summed E-state index contributed by atoms with van der Waals surface area (Å²) >= 11 is 0. The number of aliphatic hydroxyl groups is 1. The molecule has 1 N–H and O–H groups in total. The van der Waals surface area contributed by atoms with Crippen molar-refractivity contribution in [1.82, 2.24) is 29.8 Å². The fraction of sp³-hybridized carbons (Fsp3) is 0.188. The first-order chi connectivity index (χ1) is 23.8. The summed E-state index contributed by atoms with van der Waals surface area (Å²) in [5.74, 6) is -1.18. The van der Waals surface area contributed by atoms with Crippen LogP contribution in [0.1, 0.15) is 49.5 Å². The maximum Gasteiger partial charge on any atom is 0.360 e. The summed E-state index contributed by atoms with van der Waals surface area (Å²) in [6, 6.07) is 10.1. The Balaban J connectivity index is 1.14. The van der Waals surface area contributed by atoms with Crippen LogP contribution in [-0.4, -0.2) is 80.1 Å². The van der Waals surface area contributed by atoms with E-state index in [1.54, 1.807) is 36.4 Å². The molecular formula is C32H24N6O11. The molecule has 6 aromatic rings. The molecule has 6 heterocycles. The number of methoxy groups -OCH3 is 2. The van der Waals surface area contributed by atoms with Crippen LogP contribution in [0.3, 0.4) is 0 Å². The van der Waals surface area contributed by atoms with Crippen LogP contribution in [0.2, 0.25) is 0 Å². The van der Waals surface area contributed by atoms with Gasteiger partial charge in [0.2, 0.25) is 23.6 Å².